The number of sulfone groups is 1. The van der Waals surface area contributed by atoms with Gasteiger partial charge in [0.1, 0.15) is 6.29 Å². The van der Waals surface area contributed by atoms with Gasteiger partial charge in [0.15, 0.2) is 0 Å². The van der Waals surface area contributed by atoms with Gasteiger partial charge < -0.3 is 15.6 Å². The number of nitrogens with two attached hydrogens (primary N) is 1. The molecule has 1 atom stereocenters. The molecule has 0 radical (unpaired) electrons. The number of fused-ring (bicyclic) bond motifs is 1. The second kappa shape index (κ2) is 6.76. The number of halogens is 3. The number of hydrogen-bond acceptors (Lipinski definition) is 5. The molecule has 9 heteroatoms. The van der Waals surface area contributed by atoms with Gasteiger partial charge in [0.25, 0.3) is 9.84 Å². The number of aldehydes is 1. The van der Waals surface area contributed by atoms with Gasteiger partial charge in [-0.05, 0) is 37.1 Å². The monoisotopic (exact) mass is 339 g/mol. The number of aliphatic hydroxyl groups excluding tert-OH is 1. The molecule has 1 aliphatic rings. The third-order valence-electron chi connectivity index (χ3n) is 3.31. The van der Waals surface area contributed by atoms with Gasteiger partial charge in [-0.15, -0.1) is 0 Å². The van der Waals surface area contributed by atoms with Crippen molar-refractivity contribution in [1.29, 1.82) is 0 Å². The lowest BCUT2D eigenvalue weighted by molar-refractivity contribution is -0.107. The fraction of sp³-hybridized carbons (Fsp3) is 0.462. The molecule has 2 rings (SSSR count). The minimum atomic E-state index is -5.51. The number of carbonyl (C=O) groups is 1. The highest BCUT2D eigenvalue weighted by atomic mass is 32.2. The normalized spacial score (nSPS) is 17.5. The smallest absolute Gasteiger partial charge is 0.388 e. The number of benzene rings is 1. The van der Waals surface area contributed by atoms with E-state index in [-0.39, 0.29) is 24.8 Å². The zero-order valence-corrected chi connectivity index (χ0v) is 12.5. The molecule has 3 N–H and O–H groups in total. The maximum absolute atomic E-state index is 12.6. The van der Waals surface area contributed by atoms with Crippen molar-refractivity contribution >= 4 is 16.1 Å². The number of rotatable bonds is 3. The van der Waals surface area contributed by atoms with Crippen LogP contribution in [0.3, 0.4) is 0 Å². The Morgan fingerprint density at radius 3 is 2.45 bits per heavy atom. The van der Waals surface area contributed by atoms with Crippen molar-refractivity contribution in [2.45, 2.75) is 35.8 Å². The Hall–Kier alpha value is -1.45. The predicted molar refractivity (Wildman–Crippen MR) is 72.8 cm³/mol. The van der Waals surface area contributed by atoms with Gasteiger partial charge in [-0.1, -0.05) is 6.07 Å². The largest absolute Gasteiger partial charge is 0.501 e. The summed E-state index contributed by atoms with van der Waals surface area (Å²) in [6.45, 7) is 0. The van der Waals surface area contributed by atoms with Crippen LogP contribution in [0.15, 0.2) is 17.0 Å². The summed E-state index contributed by atoms with van der Waals surface area (Å²) in [4.78, 5) is 9.62. The molecule has 5 nitrogen and oxygen atoms in total. The van der Waals surface area contributed by atoms with Crippen molar-refractivity contribution < 1.29 is 31.5 Å². The lowest BCUT2D eigenvalue weighted by Crippen LogP contribution is -2.25. The van der Waals surface area contributed by atoms with Gasteiger partial charge >= 0.3 is 5.51 Å². The Bertz CT molecular complexity index is 656. The lowest BCUT2D eigenvalue weighted by Gasteiger charge is -2.16. The minimum absolute atomic E-state index is 0.0264. The van der Waals surface area contributed by atoms with E-state index in [0.717, 1.165) is 6.07 Å². The third-order valence-corrected chi connectivity index (χ3v) is 4.86. The molecule has 1 aromatic rings. The molecule has 0 aliphatic heterocycles. The molecule has 0 bridgehead atoms. The second-order valence-corrected chi connectivity index (χ2v) is 6.40. The molecule has 0 saturated heterocycles. The Balaban J connectivity index is 0.00000116. The Morgan fingerprint density at radius 1 is 1.36 bits per heavy atom. The number of alkyl halides is 3. The average molecular weight is 339 g/mol. The van der Waals surface area contributed by atoms with Crippen molar-refractivity contribution in [3.05, 3.63) is 28.8 Å². The highest BCUT2D eigenvalue weighted by Gasteiger charge is 2.49. The molecule has 22 heavy (non-hydrogen) atoms. The van der Waals surface area contributed by atoms with Crippen LogP contribution < -0.4 is 5.73 Å². The second-order valence-electron chi connectivity index (χ2n) is 4.49. The van der Waals surface area contributed by atoms with Crippen LogP contribution in [-0.2, 0) is 27.5 Å². The van der Waals surface area contributed by atoms with Crippen molar-refractivity contribution in [2.75, 3.05) is 7.05 Å². The van der Waals surface area contributed by atoms with Crippen LogP contribution in [-0.4, -0.2) is 32.4 Å². The summed E-state index contributed by atoms with van der Waals surface area (Å²) in [6, 6.07) is 2.01. The topological polar surface area (TPSA) is 97.5 Å². The van der Waals surface area contributed by atoms with Gasteiger partial charge in [0, 0.05) is 12.0 Å². The summed E-state index contributed by atoms with van der Waals surface area (Å²) < 4.78 is 61.0. The van der Waals surface area contributed by atoms with Crippen LogP contribution in [0.4, 0.5) is 13.2 Å². The molecule has 124 valence electrons. The van der Waals surface area contributed by atoms with Crippen molar-refractivity contribution in [2.24, 2.45) is 5.73 Å². The van der Waals surface area contributed by atoms with E-state index in [2.05, 4.69) is 5.73 Å². The van der Waals surface area contributed by atoms with Crippen LogP contribution in [0.25, 0.3) is 0 Å². The summed E-state index contributed by atoms with van der Waals surface area (Å²) in [5.41, 5.74) is -0.362. The van der Waals surface area contributed by atoms with Crippen molar-refractivity contribution in [3.63, 3.8) is 0 Å². The maximum atomic E-state index is 12.6. The highest BCUT2D eigenvalue weighted by molar-refractivity contribution is 7.92. The zero-order chi connectivity index (χ0) is 17.1. The predicted octanol–water partition coefficient (Wildman–Crippen LogP) is 1.28. The Kier molecular flexibility index (Phi) is 5.71. The van der Waals surface area contributed by atoms with E-state index in [4.69, 9.17) is 0 Å². The summed E-state index contributed by atoms with van der Waals surface area (Å²) in [7, 11) is -4.01. The fourth-order valence-corrected chi connectivity index (χ4v) is 3.46. The molecule has 0 heterocycles. The number of hydrogen-bond donors (Lipinski definition) is 2. The van der Waals surface area contributed by atoms with Crippen LogP contribution in [0, 0.1) is 0 Å². The van der Waals surface area contributed by atoms with Crippen LogP contribution in [0.1, 0.15) is 29.2 Å². The molecule has 0 aromatic heterocycles. The quantitative estimate of drug-likeness (QED) is 0.809. The third kappa shape index (κ3) is 3.16. The highest BCUT2D eigenvalue weighted by Crippen LogP contribution is 2.41. The first kappa shape index (κ1) is 18.6. The van der Waals surface area contributed by atoms with E-state index < -0.39 is 26.3 Å². The van der Waals surface area contributed by atoms with Gasteiger partial charge in [-0.3, -0.25) is 0 Å². The molecule has 0 spiro atoms. The SMILES string of the molecule is CN.O=CCc1ccc(S(=O)(=O)C(F)(F)F)c2c1CCC2O. The van der Waals surface area contributed by atoms with Crippen molar-refractivity contribution in [3.8, 4) is 0 Å². The summed E-state index contributed by atoms with van der Waals surface area (Å²) >= 11 is 0. The zero-order valence-electron chi connectivity index (χ0n) is 11.7. The van der Waals surface area contributed by atoms with Gasteiger partial charge in [-0.2, -0.15) is 13.2 Å². The standard InChI is InChI=1S/C12H11F3O4S.CH5N/c13-12(14,15)20(18,19)10-4-1-7(5-6-16)8-2-3-9(17)11(8)10;1-2/h1,4,6,9,17H,2-3,5H2;2H2,1H3. The van der Waals surface area contributed by atoms with E-state index in [0.29, 0.717) is 17.4 Å². The van der Waals surface area contributed by atoms with E-state index in [9.17, 15) is 31.5 Å². The van der Waals surface area contributed by atoms with Gasteiger partial charge in [0.2, 0.25) is 0 Å². The Morgan fingerprint density at radius 2 is 1.95 bits per heavy atom. The molecule has 0 saturated carbocycles. The lowest BCUT2D eigenvalue weighted by atomic mass is 10.0. The molecular weight excluding hydrogens is 323 g/mol. The van der Waals surface area contributed by atoms with E-state index in [1.165, 1.54) is 13.1 Å². The summed E-state index contributed by atoms with van der Waals surface area (Å²) in [5, 5.41) is 9.76. The van der Waals surface area contributed by atoms with Gasteiger partial charge in [-0.25, -0.2) is 8.42 Å². The number of carbonyl (C=O) groups excluding carboxylic acids is 1. The molecular formula is C13H16F3NO4S. The van der Waals surface area contributed by atoms with E-state index in [1.54, 1.807) is 0 Å². The molecule has 0 fully saturated rings. The van der Waals surface area contributed by atoms with E-state index >= 15 is 0 Å². The molecule has 1 unspecified atom stereocenters. The fourth-order valence-electron chi connectivity index (χ4n) is 2.41. The first-order chi connectivity index (χ1) is 10.2. The molecule has 0 amide bonds. The first-order valence-electron chi connectivity index (χ1n) is 6.35. The molecule has 1 aromatic carbocycles. The first-order valence-corrected chi connectivity index (χ1v) is 7.84. The molecule has 1 aliphatic carbocycles. The summed E-state index contributed by atoms with van der Waals surface area (Å²) in [5.74, 6) is 0. The van der Waals surface area contributed by atoms with Crippen molar-refractivity contribution in [1.82, 2.24) is 0 Å². The summed E-state index contributed by atoms with van der Waals surface area (Å²) in [6.07, 6.45) is -0.310. The van der Waals surface area contributed by atoms with Crippen LogP contribution in [0.5, 0.6) is 0 Å². The average Bonchev–Trinajstić information content (AvgIpc) is 2.83. The van der Waals surface area contributed by atoms with Crippen LogP contribution in [0.2, 0.25) is 0 Å². The van der Waals surface area contributed by atoms with Gasteiger partial charge in [0.05, 0.1) is 11.0 Å². The van der Waals surface area contributed by atoms with Crippen LogP contribution >= 0.6 is 0 Å². The van der Waals surface area contributed by atoms with E-state index in [1.807, 2.05) is 0 Å². The maximum Gasteiger partial charge on any atom is 0.501 e. The minimum Gasteiger partial charge on any atom is -0.388 e. The Labute approximate surface area is 125 Å². The number of aliphatic hydroxyl groups is 1.